The van der Waals surface area contributed by atoms with Gasteiger partial charge in [0.15, 0.2) is 0 Å². The molecule has 5 rings (SSSR count). The van der Waals surface area contributed by atoms with Crippen molar-refractivity contribution >= 4 is 51.8 Å². The number of aromatic nitrogens is 1. The van der Waals surface area contributed by atoms with E-state index < -0.39 is 5.97 Å². The first-order valence-electron chi connectivity index (χ1n) is 11.1. The lowest BCUT2D eigenvalue weighted by Gasteiger charge is -2.36. The van der Waals surface area contributed by atoms with Crippen LogP contribution in [0.1, 0.15) is 28.0 Å². The lowest BCUT2D eigenvalue weighted by Crippen LogP contribution is -2.48. The number of aliphatic carboxylic acids is 1. The Morgan fingerprint density at radius 3 is 2.64 bits per heavy atom. The highest BCUT2D eigenvalue weighted by atomic mass is 35.5. The van der Waals surface area contributed by atoms with Gasteiger partial charge in [-0.2, -0.15) is 0 Å². The summed E-state index contributed by atoms with van der Waals surface area (Å²) in [6.07, 6.45) is 2.86. The number of benzene rings is 2. The van der Waals surface area contributed by atoms with Crippen LogP contribution in [0.4, 0.5) is 5.69 Å². The molecule has 0 radical (unpaired) electrons. The average Bonchev–Trinajstić information content (AvgIpc) is 3.29. The van der Waals surface area contributed by atoms with Crippen LogP contribution < -0.4 is 4.90 Å². The number of carboxylic acid groups (broad SMARTS) is 1. The summed E-state index contributed by atoms with van der Waals surface area (Å²) in [5, 5.41) is 10.8. The molecule has 2 aromatic carbocycles. The minimum Gasteiger partial charge on any atom is -0.481 e. The maximum Gasteiger partial charge on any atom is 0.313 e. The minimum atomic E-state index is -0.833. The number of rotatable bonds is 5. The minimum absolute atomic E-state index is 0.00433. The van der Waals surface area contributed by atoms with E-state index in [-0.39, 0.29) is 11.7 Å². The molecule has 2 aliphatic rings. The Bertz CT molecular complexity index is 1240. The van der Waals surface area contributed by atoms with E-state index >= 15 is 0 Å². The molecule has 1 aliphatic heterocycles. The Balaban J connectivity index is 1.36. The molecule has 0 spiro atoms. The molecule has 1 N–H and O–H groups in total. The normalized spacial score (nSPS) is 15.7. The number of thioether (sulfide) groups is 1. The van der Waals surface area contributed by atoms with Crippen molar-refractivity contribution < 1.29 is 14.7 Å². The molecular weight excluding hydrogens is 458 g/mol. The number of hydrogen-bond acceptors (Lipinski definition) is 5. The molecule has 0 unspecified atom stereocenters. The number of aryl methyl sites for hydroxylation is 1. The van der Waals surface area contributed by atoms with E-state index in [1.807, 2.05) is 47.4 Å². The fourth-order valence-corrected chi connectivity index (χ4v) is 5.85. The Morgan fingerprint density at radius 2 is 1.88 bits per heavy atom. The SMILES string of the molecule is O=C(O)CSc1c2c(nc3cc(C(=O)N4CCN(c5cccc(Cl)c5)CC4)ccc13)CCC2. The number of pyridine rings is 1. The summed E-state index contributed by atoms with van der Waals surface area (Å²) in [4.78, 5) is 34.4. The van der Waals surface area contributed by atoms with E-state index in [1.165, 1.54) is 17.3 Å². The summed E-state index contributed by atoms with van der Waals surface area (Å²) < 4.78 is 0. The third-order valence-electron chi connectivity index (χ3n) is 6.29. The van der Waals surface area contributed by atoms with E-state index in [2.05, 4.69) is 4.90 Å². The highest BCUT2D eigenvalue weighted by molar-refractivity contribution is 8.00. The van der Waals surface area contributed by atoms with Crippen LogP contribution in [0.3, 0.4) is 0 Å². The van der Waals surface area contributed by atoms with Crippen LogP contribution >= 0.6 is 23.4 Å². The van der Waals surface area contributed by atoms with E-state index in [1.54, 1.807) is 0 Å². The van der Waals surface area contributed by atoms with Crippen molar-refractivity contribution in [3.05, 3.63) is 64.3 Å². The van der Waals surface area contributed by atoms with Gasteiger partial charge < -0.3 is 14.9 Å². The third kappa shape index (κ3) is 4.52. The number of carbonyl (C=O) groups excluding carboxylic acids is 1. The lowest BCUT2D eigenvalue weighted by atomic mass is 10.1. The Labute approximate surface area is 201 Å². The second kappa shape index (κ2) is 9.23. The largest absolute Gasteiger partial charge is 0.481 e. The molecule has 1 fully saturated rings. The van der Waals surface area contributed by atoms with E-state index in [4.69, 9.17) is 21.7 Å². The second-order valence-corrected chi connectivity index (χ2v) is 9.82. The monoisotopic (exact) mass is 481 g/mol. The number of nitrogens with zero attached hydrogens (tertiary/aromatic N) is 3. The number of halogens is 1. The van der Waals surface area contributed by atoms with Crippen molar-refractivity contribution in [2.75, 3.05) is 36.8 Å². The number of anilines is 1. The van der Waals surface area contributed by atoms with E-state index in [9.17, 15) is 9.59 Å². The van der Waals surface area contributed by atoms with Crippen LogP contribution in [0.25, 0.3) is 10.9 Å². The van der Waals surface area contributed by atoms with Crippen molar-refractivity contribution in [1.29, 1.82) is 0 Å². The summed E-state index contributed by atoms with van der Waals surface area (Å²) in [6.45, 7) is 2.78. The number of piperazine rings is 1. The second-order valence-electron chi connectivity index (χ2n) is 8.39. The summed E-state index contributed by atoms with van der Waals surface area (Å²) in [5.74, 6) is -0.812. The highest BCUT2D eigenvalue weighted by Gasteiger charge is 2.25. The molecule has 3 aromatic rings. The summed E-state index contributed by atoms with van der Waals surface area (Å²) in [5.41, 5.74) is 4.68. The molecule has 0 atom stereocenters. The Kier molecular flexibility index (Phi) is 6.17. The molecule has 1 saturated heterocycles. The maximum absolute atomic E-state index is 13.3. The molecule has 2 heterocycles. The predicted octanol–water partition coefficient (Wildman–Crippen LogP) is 4.52. The van der Waals surface area contributed by atoms with Gasteiger partial charge in [0.05, 0.1) is 11.3 Å². The van der Waals surface area contributed by atoms with Gasteiger partial charge in [-0.25, -0.2) is 0 Å². The first-order chi connectivity index (χ1) is 16.0. The summed E-state index contributed by atoms with van der Waals surface area (Å²) in [6, 6.07) is 13.4. The number of carbonyl (C=O) groups is 2. The van der Waals surface area contributed by atoms with Crippen molar-refractivity contribution in [1.82, 2.24) is 9.88 Å². The van der Waals surface area contributed by atoms with Gasteiger partial charge in [0, 0.05) is 58.4 Å². The quantitative estimate of drug-likeness (QED) is 0.540. The zero-order chi connectivity index (χ0) is 22.9. The van der Waals surface area contributed by atoms with Gasteiger partial charge in [0.2, 0.25) is 0 Å². The van der Waals surface area contributed by atoms with Gasteiger partial charge in [-0.1, -0.05) is 23.7 Å². The first kappa shape index (κ1) is 22.0. The molecule has 0 saturated carbocycles. The zero-order valence-electron chi connectivity index (χ0n) is 18.1. The van der Waals surface area contributed by atoms with Gasteiger partial charge in [-0.05, 0) is 55.2 Å². The molecule has 1 aliphatic carbocycles. The zero-order valence-corrected chi connectivity index (χ0v) is 19.7. The smallest absolute Gasteiger partial charge is 0.313 e. The van der Waals surface area contributed by atoms with Crippen molar-refractivity contribution in [2.45, 2.75) is 24.2 Å². The van der Waals surface area contributed by atoms with E-state index in [0.717, 1.165) is 59.5 Å². The summed E-state index contributed by atoms with van der Waals surface area (Å²) >= 11 is 7.48. The van der Waals surface area contributed by atoms with Crippen LogP contribution in [0.15, 0.2) is 47.4 Å². The van der Waals surface area contributed by atoms with Gasteiger partial charge in [0.25, 0.3) is 5.91 Å². The highest BCUT2D eigenvalue weighted by Crippen LogP contribution is 2.37. The van der Waals surface area contributed by atoms with Gasteiger partial charge >= 0.3 is 5.97 Å². The third-order valence-corrected chi connectivity index (χ3v) is 7.67. The van der Waals surface area contributed by atoms with Crippen molar-refractivity contribution in [2.24, 2.45) is 0 Å². The topological polar surface area (TPSA) is 73.7 Å². The van der Waals surface area contributed by atoms with Crippen LogP contribution in [0.2, 0.25) is 5.02 Å². The van der Waals surface area contributed by atoms with Crippen molar-refractivity contribution in [3.8, 4) is 0 Å². The summed E-state index contributed by atoms with van der Waals surface area (Å²) in [7, 11) is 0. The maximum atomic E-state index is 13.3. The Hall–Kier alpha value is -2.77. The lowest BCUT2D eigenvalue weighted by molar-refractivity contribution is -0.133. The fourth-order valence-electron chi connectivity index (χ4n) is 4.67. The molecule has 8 heteroatoms. The van der Waals surface area contributed by atoms with Crippen LogP contribution in [-0.2, 0) is 17.6 Å². The fraction of sp³-hybridized carbons (Fsp3) is 0.320. The van der Waals surface area contributed by atoms with Gasteiger partial charge in [0.1, 0.15) is 0 Å². The average molecular weight is 482 g/mol. The van der Waals surface area contributed by atoms with E-state index in [0.29, 0.717) is 23.7 Å². The molecule has 1 aromatic heterocycles. The number of amides is 1. The molecule has 33 heavy (non-hydrogen) atoms. The van der Waals surface area contributed by atoms with Crippen LogP contribution in [0, 0.1) is 0 Å². The van der Waals surface area contributed by atoms with Crippen LogP contribution in [0.5, 0.6) is 0 Å². The first-order valence-corrected chi connectivity index (χ1v) is 12.5. The van der Waals surface area contributed by atoms with Crippen molar-refractivity contribution in [3.63, 3.8) is 0 Å². The van der Waals surface area contributed by atoms with Crippen LogP contribution in [-0.4, -0.2) is 58.8 Å². The Morgan fingerprint density at radius 1 is 1.06 bits per heavy atom. The molecule has 6 nitrogen and oxygen atoms in total. The molecular formula is C25H24ClN3O3S. The standard InChI is InChI=1S/C25H24ClN3O3S/c26-17-3-1-4-18(14-17)28-9-11-29(12-10-28)25(32)16-7-8-20-22(13-16)27-21-6-2-5-19(21)24(20)33-15-23(30)31/h1,3-4,7-8,13-14H,2,5-6,9-12,15H2,(H,30,31). The number of carboxylic acids is 1. The molecule has 170 valence electrons. The molecule has 0 bridgehead atoms. The number of hydrogen-bond donors (Lipinski definition) is 1. The number of fused-ring (bicyclic) bond motifs is 2. The van der Waals surface area contributed by atoms with Gasteiger partial charge in [-0.15, -0.1) is 11.8 Å². The van der Waals surface area contributed by atoms with Gasteiger partial charge in [-0.3, -0.25) is 14.6 Å². The molecule has 1 amide bonds. The predicted molar refractivity (Wildman–Crippen MR) is 132 cm³/mol.